The third kappa shape index (κ3) is 3.03. The van der Waals surface area contributed by atoms with Crippen molar-refractivity contribution in [2.75, 3.05) is 13.1 Å². The van der Waals surface area contributed by atoms with E-state index in [1.807, 2.05) is 24.3 Å². The summed E-state index contributed by atoms with van der Waals surface area (Å²) in [6.45, 7) is 3.92. The van der Waals surface area contributed by atoms with E-state index in [0.717, 1.165) is 41.7 Å². The van der Waals surface area contributed by atoms with Crippen molar-refractivity contribution < 1.29 is 9.90 Å². The molecule has 0 bridgehead atoms. The first kappa shape index (κ1) is 16.5. The highest BCUT2D eigenvalue weighted by molar-refractivity contribution is 7.12. The highest BCUT2D eigenvalue weighted by Gasteiger charge is 2.36. The number of benzene rings is 1. The van der Waals surface area contributed by atoms with Crippen LogP contribution in [0.2, 0.25) is 0 Å². The Kier molecular flexibility index (Phi) is 4.46. The lowest BCUT2D eigenvalue weighted by Crippen LogP contribution is -2.38. The van der Waals surface area contributed by atoms with Gasteiger partial charge in [0.05, 0.1) is 6.04 Å². The molecule has 0 radical (unpaired) electrons. The van der Waals surface area contributed by atoms with Crippen LogP contribution in [0.5, 0.6) is 0 Å². The van der Waals surface area contributed by atoms with Crippen LogP contribution in [0.1, 0.15) is 39.0 Å². The number of aromatic amines is 1. The predicted octanol–water partition coefficient (Wildman–Crippen LogP) is 3.92. The van der Waals surface area contributed by atoms with Gasteiger partial charge in [0.2, 0.25) is 0 Å². The second kappa shape index (κ2) is 6.75. The summed E-state index contributed by atoms with van der Waals surface area (Å²) in [6, 6.07) is 11.6. The van der Waals surface area contributed by atoms with Gasteiger partial charge in [-0.3, -0.25) is 9.69 Å². The molecule has 5 heteroatoms. The average molecular weight is 354 g/mol. The minimum absolute atomic E-state index is 0.208. The number of aromatic nitrogens is 1. The monoisotopic (exact) mass is 354 g/mol. The zero-order chi connectivity index (χ0) is 17.4. The number of H-pyrrole nitrogens is 1. The second-order valence-corrected chi connectivity index (χ2v) is 8.01. The zero-order valence-corrected chi connectivity index (χ0v) is 15.1. The van der Waals surface area contributed by atoms with Crippen molar-refractivity contribution in [1.29, 1.82) is 0 Å². The van der Waals surface area contributed by atoms with E-state index in [1.54, 1.807) is 17.5 Å². The Labute approximate surface area is 151 Å². The number of nitrogens with zero attached hydrogens (tertiary/aromatic N) is 1. The number of nitrogens with one attached hydrogen (secondary N) is 1. The van der Waals surface area contributed by atoms with Crippen LogP contribution in [0, 0.1) is 6.92 Å². The molecule has 0 spiro atoms. The molecule has 130 valence electrons. The van der Waals surface area contributed by atoms with Crippen LogP contribution in [0.4, 0.5) is 0 Å². The number of hydrogen-bond acceptors (Lipinski definition) is 4. The Balaban J connectivity index is 1.70. The molecule has 1 aliphatic rings. The van der Waals surface area contributed by atoms with Crippen LogP contribution in [-0.4, -0.2) is 40.0 Å². The Bertz CT molecular complexity index is 892. The van der Waals surface area contributed by atoms with Gasteiger partial charge in [-0.2, -0.15) is 0 Å². The fourth-order valence-corrected chi connectivity index (χ4v) is 4.79. The molecule has 2 aromatic heterocycles. The minimum atomic E-state index is -1.06. The van der Waals surface area contributed by atoms with Crippen LogP contribution in [0.15, 0.2) is 42.6 Å². The third-order valence-electron chi connectivity index (χ3n) is 5.01. The number of aryl methyl sites for hydroxylation is 1. The van der Waals surface area contributed by atoms with Crippen LogP contribution in [-0.2, 0) is 0 Å². The molecule has 4 rings (SSSR count). The molecule has 1 aliphatic heterocycles. The summed E-state index contributed by atoms with van der Waals surface area (Å²) in [7, 11) is 0. The minimum Gasteiger partial charge on any atom is -0.383 e. The highest BCUT2D eigenvalue weighted by Crippen LogP contribution is 2.34. The van der Waals surface area contributed by atoms with Crippen molar-refractivity contribution in [2.45, 2.75) is 31.9 Å². The summed E-state index contributed by atoms with van der Waals surface area (Å²) in [6.07, 6.45) is 2.90. The van der Waals surface area contributed by atoms with E-state index in [0.29, 0.717) is 5.56 Å². The summed E-state index contributed by atoms with van der Waals surface area (Å²) >= 11 is 1.67. The summed E-state index contributed by atoms with van der Waals surface area (Å²) in [5.74, 6) is -0.208. The van der Waals surface area contributed by atoms with Crippen LogP contribution >= 0.6 is 11.3 Å². The first-order chi connectivity index (χ1) is 12.1. The second-order valence-electron chi connectivity index (χ2n) is 6.69. The lowest BCUT2D eigenvalue weighted by Gasteiger charge is -2.30. The maximum atomic E-state index is 13.1. The summed E-state index contributed by atoms with van der Waals surface area (Å²) in [5.41, 5.74) is 1.49. The first-order valence-electron chi connectivity index (χ1n) is 8.74. The number of rotatable bonds is 5. The van der Waals surface area contributed by atoms with E-state index >= 15 is 0 Å². The molecule has 25 heavy (non-hydrogen) atoms. The Morgan fingerprint density at radius 1 is 1.20 bits per heavy atom. The quantitative estimate of drug-likeness (QED) is 0.683. The van der Waals surface area contributed by atoms with Gasteiger partial charge in [-0.1, -0.05) is 18.2 Å². The number of Topliss-reactive ketones (excluding diaryl/α,β-unsaturated/α-hetero) is 1. The number of carbonyl (C=O) groups excluding carboxylic acids is 1. The van der Waals surface area contributed by atoms with Crippen molar-refractivity contribution in [2.24, 2.45) is 0 Å². The normalized spacial score (nSPS) is 17.8. The van der Waals surface area contributed by atoms with Crippen molar-refractivity contribution >= 4 is 28.0 Å². The molecule has 1 fully saturated rings. The van der Waals surface area contributed by atoms with E-state index in [4.69, 9.17) is 0 Å². The maximum absolute atomic E-state index is 13.1. The van der Waals surface area contributed by atoms with Gasteiger partial charge in [0.1, 0.15) is 6.10 Å². The van der Waals surface area contributed by atoms with E-state index in [2.05, 4.69) is 28.9 Å². The standard InChI is InChI=1S/C20H22N2O2S/c1-13-8-9-17(25-13)18(22-10-4-5-11-22)20(24)19(23)15-12-21-16-7-3-2-6-14(15)16/h2-3,6-9,12,18,20-21,24H,4-5,10-11H2,1H3. The van der Waals surface area contributed by atoms with Crippen molar-refractivity contribution in [3.8, 4) is 0 Å². The number of aliphatic hydroxyl groups is 1. The number of carbonyl (C=O) groups is 1. The molecule has 4 nitrogen and oxygen atoms in total. The Morgan fingerprint density at radius 2 is 1.96 bits per heavy atom. The molecule has 1 saturated heterocycles. The van der Waals surface area contributed by atoms with Gasteiger partial charge in [-0.25, -0.2) is 0 Å². The molecule has 2 N–H and O–H groups in total. The number of thiophene rings is 1. The largest absolute Gasteiger partial charge is 0.383 e. The molecule has 3 aromatic rings. The molecule has 0 amide bonds. The van der Waals surface area contributed by atoms with E-state index in [1.165, 1.54) is 4.88 Å². The molecule has 1 aromatic carbocycles. The van der Waals surface area contributed by atoms with Crippen molar-refractivity contribution in [3.63, 3.8) is 0 Å². The fourth-order valence-electron chi connectivity index (χ4n) is 3.75. The third-order valence-corrected chi connectivity index (χ3v) is 6.08. The number of likely N-dealkylation sites (tertiary alicyclic amines) is 1. The van der Waals surface area contributed by atoms with E-state index in [-0.39, 0.29) is 11.8 Å². The average Bonchev–Trinajstić information content (AvgIpc) is 3.35. The molecule has 3 heterocycles. The van der Waals surface area contributed by atoms with Gasteiger partial charge in [0.15, 0.2) is 5.78 Å². The molecular formula is C20H22N2O2S. The van der Waals surface area contributed by atoms with Gasteiger partial charge in [0.25, 0.3) is 0 Å². The number of para-hydroxylation sites is 1. The van der Waals surface area contributed by atoms with Crippen molar-refractivity contribution in [3.05, 3.63) is 57.9 Å². The lowest BCUT2D eigenvalue weighted by molar-refractivity contribution is 0.0457. The number of aliphatic hydroxyl groups excluding tert-OH is 1. The first-order valence-corrected chi connectivity index (χ1v) is 9.55. The number of ketones is 1. The lowest BCUT2D eigenvalue weighted by atomic mass is 9.98. The zero-order valence-electron chi connectivity index (χ0n) is 14.2. The van der Waals surface area contributed by atoms with Crippen molar-refractivity contribution in [1.82, 2.24) is 9.88 Å². The molecule has 2 unspecified atom stereocenters. The summed E-state index contributed by atoms with van der Waals surface area (Å²) in [5, 5.41) is 11.9. The topological polar surface area (TPSA) is 56.3 Å². The predicted molar refractivity (Wildman–Crippen MR) is 101 cm³/mol. The maximum Gasteiger partial charge on any atom is 0.195 e. The van der Waals surface area contributed by atoms with Crippen LogP contribution in [0.25, 0.3) is 10.9 Å². The highest BCUT2D eigenvalue weighted by atomic mass is 32.1. The van der Waals surface area contributed by atoms with Gasteiger partial charge in [0, 0.05) is 32.4 Å². The van der Waals surface area contributed by atoms with Gasteiger partial charge in [-0.15, -0.1) is 11.3 Å². The van der Waals surface area contributed by atoms with E-state index in [9.17, 15) is 9.90 Å². The number of hydrogen-bond donors (Lipinski definition) is 2. The molecular weight excluding hydrogens is 332 g/mol. The smallest absolute Gasteiger partial charge is 0.195 e. The van der Waals surface area contributed by atoms with E-state index < -0.39 is 6.10 Å². The van der Waals surface area contributed by atoms with Gasteiger partial charge >= 0.3 is 0 Å². The Hall–Kier alpha value is -1.95. The van der Waals surface area contributed by atoms with Gasteiger partial charge in [-0.05, 0) is 51.1 Å². The molecule has 0 saturated carbocycles. The van der Waals surface area contributed by atoms with Gasteiger partial charge < -0.3 is 10.1 Å². The molecule has 2 atom stereocenters. The fraction of sp³-hybridized carbons (Fsp3) is 0.350. The SMILES string of the molecule is Cc1ccc(C(C(O)C(=O)c2c[nH]c3ccccc23)N2CCCC2)s1. The molecule has 0 aliphatic carbocycles. The summed E-state index contributed by atoms with van der Waals surface area (Å²) in [4.78, 5) is 20.8. The number of fused-ring (bicyclic) bond motifs is 1. The van der Waals surface area contributed by atoms with Crippen LogP contribution < -0.4 is 0 Å². The summed E-state index contributed by atoms with van der Waals surface area (Å²) < 4.78 is 0. The van der Waals surface area contributed by atoms with Crippen LogP contribution in [0.3, 0.4) is 0 Å². The Morgan fingerprint density at radius 3 is 2.68 bits per heavy atom.